The number of thiophene rings is 2. The Morgan fingerprint density at radius 2 is 2.06 bits per heavy atom. The average molecular weight is 484 g/mol. The molecule has 168 valence electrons. The molecule has 1 saturated heterocycles. The van der Waals surface area contributed by atoms with Gasteiger partial charge in [-0.2, -0.15) is 0 Å². The highest BCUT2D eigenvalue weighted by Crippen LogP contribution is 2.30. The van der Waals surface area contributed by atoms with E-state index in [1.807, 2.05) is 4.90 Å². The number of fused-ring (bicyclic) bond motifs is 1. The van der Waals surface area contributed by atoms with Crippen molar-refractivity contribution in [2.45, 2.75) is 31.3 Å². The van der Waals surface area contributed by atoms with Gasteiger partial charge in [0, 0.05) is 31.6 Å². The molecule has 0 saturated carbocycles. The minimum atomic E-state index is -0.541. The fourth-order valence-corrected chi connectivity index (χ4v) is 6.14. The van der Waals surface area contributed by atoms with Gasteiger partial charge in [0.1, 0.15) is 0 Å². The molecule has 1 N–H and O–H groups in total. The Balaban J connectivity index is 1.41. The summed E-state index contributed by atoms with van der Waals surface area (Å²) in [6.07, 6.45) is 2.03. The second-order valence-corrected chi connectivity index (χ2v) is 10.8. The molecule has 10 heteroatoms. The van der Waals surface area contributed by atoms with Gasteiger partial charge in [-0.3, -0.25) is 4.79 Å². The molecule has 4 rings (SSSR count). The Kier molecular flexibility index (Phi) is 7.18. The number of likely N-dealkylation sites (tertiary alicyclic amines) is 1. The van der Waals surface area contributed by atoms with Crippen LogP contribution < -0.4 is 10.1 Å². The first-order valence-corrected chi connectivity index (χ1v) is 12.3. The Hall–Kier alpha value is -1.65. The normalized spacial score (nSPS) is 21.6. The van der Waals surface area contributed by atoms with Gasteiger partial charge in [-0.15, -0.1) is 11.3 Å². The molecule has 2 aliphatic heterocycles. The van der Waals surface area contributed by atoms with E-state index in [1.54, 1.807) is 30.6 Å². The zero-order valence-corrected chi connectivity index (χ0v) is 19.9. The topological polar surface area (TPSA) is 71.1 Å². The maximum atomic E-state index is 13.3. The van der Waals surface area contributed by atoms with E-state index in [-0.39, 0.29) is 18.0 Å². The molecule has 0 aromatic carbocycles. The maximum absolute atomic E-state index is 13.3. The molecule has 2 aromatic rings. The van der Waals surface area contributed by atoms with Gasteiger partial charge in [0.2, 0.25) is 0 Å². The van der Waals surface area contributed by atoms with Gasteiger partial charge in [0.25, 0.3) is 5.91 Å². The zero-order valence-electron chi connectivity index (χ0n) is 17.6. The third-order valence-corrected chi connectivity index (χ3v) is 8.02. The Labute approximate surface area is 194 Å². The van der Waals surface area contributed by atoms with Gasteiger partial charge < -0.3 is 24.6 Å². The lowest BCUT2D eigenvalue weighted by molar-refractivity contribution is 0.0634. The van der Waals surface area contributed by atoms with Crippen LogP contribution in [0.2, 0.25) is 4.34 Å². The molecule has 2 aliphatic rings. The third-order valence-electron chi connectivity index (χ3n) is 5.69. The standard InChI is InChI=1S/C21H26ClN3O4S2/c1-24-7-5-13-9-17(30-16(13)6-8-24)20(26)25-11-14(10-15(25)12-28-2)23-21(27)29-19-4-3-18(22)31-19/h3-4,9,14-15H,5-8,10-12H2,1-2H3,(H,23,27)/t14-,15+/m1/s1. The number of nitrogens with zero attached hydrogens (tertiary/aromatic N) is 2. The van der Waals surface area contributed by atoms with Crippen molar-refractivity contribution in [3.63, 3.8) is 0 Å². The molecule has 0 radical (unpaired) electrons. The lowest BCUT2D eigenvalue weighted by atomic mass is 10.1. The van der Waals surface area contributed by atoms with E-state index in [0.717, 1.165) is 30.8 Å². The van der Waals surface area contributed by atoms with E-state index in [4.69, 9.17) is 21.1 Å². The van der Waals surface area contributed by atoms with E-state index >= 15 is 0 Å². The Bertz CT molecular complexity index is 921. The number of amides is 2. The monoisotopic (exact) mass is 483 g/mol. The SMILES string of the molecule is COC[C@@H]1C[C@@H](NC(=O)Oc2ccc(Cl)s2)CN1C(=O)c1cc2c(s1)CCN(C)CC2. The number of carbonyl (C=O) groups is 2. The molecule has 0 aliphatic carbocycles. The summed E-state index contributed by atoms with van der Waals surface area (Å²) in [4.78, 5) is 31.8. The lowest BCUT2D eigenvalue weighted by Gasteiger charge is -2.23. The molecule has 0 spiro atoms. The number of ether oxygens (including phenoxy) is 2. The number of hydrogen-bond acceptors (Lipinski definition) is 7. The largest absolute Gasteiger partial charge is 0.413 e. The van der Waals surface area contributed by atoms with Crippen LogP contribution in [0, 0.1) is 0 Å². The summed E-state index contributed by atoms with van der Waals surface area (Å²) in [6, 6.07) is 5.11. The van der Waals surface area contributed by atoms with Crippen molar-refractivity contribution in [2.75, 3.05) is 40.4 Å². The molecule has 0 unspecified atom stereocenters. The highest BCUT2D eigenvalue weighted by molar-refractivity contribution is 7.17. The van der Waals surface area contributed by atoms with Gasteiger partial charge in [-0.05, 0) is 50.1 Å². The summed E-state index contributed by atoms with van der Waals surface area (Å²) in [5, 5.41) is 3.31. The second kappa shape index (κ2) is 9.87. The first kappa shape index (κ1) is 22.5. The maximum Gasteiger partial charge on any atom is 0.413 e. The second-order valence-electron chi connectivity index (χ2n) is 7.95. The van der Waals surface area contributed by atoms with Crippen LogP contribution >= 0.6 is 34.3 Å². The molecule has 2 aromatic heterocycles. The third kappa shape index (κ3) is 5.40. The quantitative estimate of drug-likeness (QED) is 0.704. The predicted octanol–water partition coefficient (Wildman–Crippen LogP) is 3.51. The van der Waals surface area contributed by atoms with E-state index in [0.29, 0.717) is 29.0 Å². The van der Waals surface area contributed by atoms with Crippen molar-refractivity contribution in [3.05, 3.63) is 37.9 Å². The van der Waals surface area contributed by atoms with Crippen LogP contribution in [0.3, 0.4) is 0 Å². The number of nitrogens with one attached hydrogen (secondary N) is 1. The molecule has 2 atom stereocenters. The summed E-state index contributed by atoms with van der Waals surface area (Å²) in [6.45, 7) is 2.88. The predicted molar refractivity (Wildman–Crippen MR) is 123 cm³/mol. The molecule has 0 bridgehead atoms. The van der Waals surface area contributed by atoms with Crippen molar-refractivity contribution in [3.8, 4) is 5.06 Å². The molecular formula is C21H26ClN3O4S2. The van der Waals surface area contributed by atoms with Gasteiger partial charge in [0.05, 0.1) is 27.9 Å². The van der Waals surface area contributed by atoms with Crippen molar-refractivity contribution in [1.82, 2.24) is 15.1 Å². The van der Waals surface area contributed by atoms with Gasteiger partial charge >= 0.3 is 6.09 Å². The fraction of sp³-hybridized carbons (Fsp3) is 0.524. The summed E-state index contributed by atoms with van der Waals surface area (Å²) in [5.74, 6) is 0.0104. The summed E-state index contributed by atoms with van der Waals surface area (Å²) < 4.78 is 11.2. The van der Waals surface area contributed by atoms with Crippen molar-refractivity contribution >= 4 is 46.3 Å². The number of halogens is 1. The van der Waals surface area contributed by atoms with Crippen LogP contribution in [0.1, 0.15) is 26.5 Å². The smallest absolute Gasteiger partial charge is 0.399 e. The number of likely N-dealkylation sites (N-methyl/N-ethyl adjacent to an activating group) is 1. The highest BCUT2D eigenvalue weighted by Gasteiger charge is 2.37. The molecule has 4 heterocycles. The molecular weight excluding hydrogens is 458 g/mol. The van der Waals surface area contributed by atoms with Crippen LogP contribution in [0.5, 0.6) is 5.06 Å². The minimum Gasteiger partial charge on any atom is -0.399 e. The number of methoxy groups -OCH3 is 1. The van der Waals surface area contributed by atoms with Crippen molar-refractivity contribution in [1.29, 1.82) is 0 Å². The zero-order chi connectivity index (χ0) is 22.0. The molecule has 7 nitrogen and oxygen atoms in total. The van der Waals surface area contributed by atoms with E-state index in [1.165, 1.54) is 21.8 Å². The summed E-state index contributed by atoms with van der Waals surface area (Å²) in [7, 11) is 3.76. The first-order chi connectivity index (χ1) is 14.9. The van der Waals surface area contributed by atoms with E-state index < -0.39 is 6.09 Å². The Morgan fingerprint density at radius 1 is 1.26 bits per heavy atom. The average Bonchev–Trinajstić information content (AvgIpc) is 3.41. The van der Waals surface area contributed by atoms with Crippen molar-refractivity contribution < 1.29 is 19.1 Å². The van der Waals surface area contributed by atoms with Crippen LogP contribution in [0.15, 0.2) is 18.2 Å². The van der Waals surface area contributed by atoms with Crippen LogP contribution in [0.25, 0.3) is 0 Å². The fourth-order valence-electron chi connectivity index (χ4n) is 4.11. The number of carbonyl (C=O) groups excluding carboxylic acids is 2. The highest BCUT2D eigenvalue weighted by atomic mass is 35.5. The van der Waals surface area contributed by atoms with Gasteiger partial charge in [-0.1, -0.05) is 22.9 Å². The van der Waals surface area contributed by atoms with E-state index in [2.05, 4.69) is 23.3 Å². The van der Waals surface area contributed by atoms with Crippen LogP contribution in [0.4, 0.5) is 4.79 Å². The molecule has 2 amide bonds. The van der Waals surface area contributed by atoms with Crippen LogP contribution in [-0.2, 0) is 17.6 Å². The summed E-state index contributed by atoms with van der Waals surface area (Å²) in [5.41, 5.74) is 1.29. The number of hydrogen-bond donors (Lipinski definition) is 1. The lowest BCUT2D eigenvalue weighted by Crippen LogP contribution is -2.40. The summed E-state index contributed by atoms with van der Waals surface area (Å²) >= 11 is 8.68. The Morgan fingerprint density at radius 3 is 2.81 bits per heavy atom. The number of rotatable bonds is 5. The molecule has 31 heavy (non-hydrogen) atoms. The molecule has 1 fully saturated rings. The minimum absolute atomic E-state index is 0.0104. The van der Waals surface area contributed by atoms with E-state index in [9.17, 15) is 9.59 Å². The van der Waals surface area contributed by atoms with Gasteiger partial charge in [-0.25, -0.2) is 4.79 Å². The van der Waals surface area contributed by atoms with Crippen molar-refractivity contribution in [2.24, 2.45) is 0 Å². The van der Waals surface area contributed by atoms with Gasteiger partial charge in [0.15, 0.2) is 5.06 Å². The first-order valence-electron chi connectivity index (χ1n) is 10.3. The van der Waals surface area contributed by atoms with Crippen LogP contribution in [-0.4, -0.2) is 74.3 Å².